The molecule has 0 unspecified atom stereocenters. The Morgan fingerprint density at radius 3 is 2.83 bits per heavy atom. The number of nitrogens with one attached hydrogen (secondary N) is 2. The molecule has 0 aromatic carbocycles. The highest BCUT2D eigenvalue weighted by molar-refractivity contribution is 5.64. The number of rotatable bonds is 3. The van der Waals surface area contributed by atoms with E-state index < -0.39 is 0 Å². The molecule has 0 aliphatic carbocycles. The third kappa shape index (κ3) is 2.11. The Hall–Kier alpha value is -1.82. The van der Waals surface area contributed by atoms with Crippen LogP contribution < -0.4 is 10.7 Å². The van der Waals surface area contributed by atoms with Crippen LogP contribution in [0.3, 0.4) is 0 Å². The molecule has 0 saturated carbocycles. The largest absolute Gasteiger partial charge is 0.372 e. The molecule has 0 amide bonds. The minimum atomic E-state index is 0.814. The Kier molecular flexibility index (Phi) is 3.02. The molecule has 18 heavy (non-hydrogen) atoms. The number of fused-ring (bicyclic) bond motifs is 1. The smallest absolute Gasteiger partial charge is 0.186 e. The van der Waals surface area contributed by atoms with Crippen molar-refractivity contribution in [3.63, 3.8) is 0 Å². The van der Waals surface area contributed by atoms with E-state index in [4.69, 9.17) is 0 Å². The SMILES string of the molecule is CNc1cn2ccnc2c(NN2CCCCC2)n1. The fourth-order valence-electron chi connectivity index (χ4n) is 2.28. The minimum absolute atomic E-state index is 0.814. The molecule has 0 radical (unpaired) electrons. The zero-order chi connectivity index (χ0) is 12.4. The molecular formula is C12H18N6. The van der Waals surface area contributed by atoms with E-state index >= 15 is 0 Å². The Labute approximate surface area is 106 Å². The maximum atomic E-state index is 4.54. The zero-order valence-electron chi connectivity index (χ0n) is 10.6. The average molecular weight is 246 g/mol. The summed E-state index contributed by atoms with van der Waals surface area (Å²) in [6.45, 7) is 2.14. The lowest BCUT2D eigenvalue weighted by atomic mass is 10.2. The van der Waals surface area contributed by atoms with Crippen molar-refractivity contribution in [2.45, 2.75) is 19.3 Å². The lowest BCUT2D eigenvalue weighted by Gasteiger charge is -2.27. The van der Waals surface area contributed by atoms with E-state index in [-0.39, 0.29) is 0 Å². The van der Waals surface area contributed by atoms with Crippen LogP contribution in [0.25, 0.3) is 5.65 Å². The van der Waals surface area contributed by atoms with Crippen LogP contribution in [-0.4, -0.2) is 39.5 Å². The lowest BCUT2D eigenvalue weighted by molar-refractivity contribution is 0.272. The van der Waals surface area contributed by atoms with Crippen molar-refractivity contribution in [3.8, 4) is 0 Å². The van der Waals surface area contributed by atoms with Crippen LogP contribution in [0.15, 0.2) is 18.6 Å². The van der Waals surface area contributed by atoms with Gasteiger partial charge in [-0.1, -0.05) is 6.42 Å². The summed E-state index contributed by atoms with van der Waals surface area (Å²) < 4.78 is 1.98. The van der Waals surface area contributed by atoms with Crippen molar-refractivity contribution in [3.05, 3.63) is 18.6 Å². The first-order valence-electron chi connectivity index (χ1n) is 6.40. The van der Waals surface area contributed by atoms with Crippen molar-refractivity contribution >= 4 is 17.3 Å². The van der Waals surface area contributed by atoms with E-state index in [0.717, 1.165) is 30.4 Å². The number of hydrogen-bond donors (Lipinski definition) is 2. The highest BCUT2D eigenvalue weighted by atomic mass is 15.5. The first-order chi connectivity index (χ1) is 8.86. The molecule has 2 aromatic heterocycles. The van der Waals surface area contributed by atoms with Gasteiger partial charge in [-0.25, -0.2) is 15.0 Å². The third-order valence-corrected chi connectivity index (χ3v) is 3.25. The Balaban J connectivity index is 1.91. The van der Waals surface area contributed by atoms with E-state index in [2.05, 4.69) is 25.7 Å². The molecule has 2 aromatic rings. The molecule has 6 heteroatoms. The van der Waals surface area contributed by atoms with Gasteiger partial charge in [0.2, 0.25) is 0 Å². The molecule has 6 nitrogen and oxygen atoms in total. The van der Waals surface area contributed by atoms with Gasteiger partial charge in [-0.2, -0.15) is 0 Å². The lowest BCUT2D eigenvalue weighted by Crippen LogP contribution is -2.35. The predicted molar refractivity (Wildman–Crippen MR) is 71.6 cm³/mol. The summed E-state index contributed by atoms with van der Waals surface area (Å²) in [6.07, 6.45) is 9.45. The van der Waals surface area contributed by atoms with E-state index in [1.54, 1.807) is 6.20 Å². The van der Waals surface area contributed by atoms with Crippen LogP contribution in [0.1, 0.15) is 19.3 Å². The molecule has 1 fully saturated rings. The topological polar surface area (TPSA) is 57.5 Å². The molecule has 1 aliphatic rings. The fourth-order valence-corrected chi connectivity index (χ4v) is 2.28. The van der Waals surface area contributed by atoms with Crippen LogP contribution in [0, 0.1) is 0 Å². The summed E-state index contributed by atoms with van der Waals surface area (Å²) in [6, 6.07) is 0. The molecule has 0 spiro atoms. The first-order valence-corrected chi connectivity index (χ1v) is 6.40. The molecule has 3 rings (SSSR count). The van der Waals surface area contributed by atoms with Crippen molar-refractivity contribution < 1.29 is 0 Å². The number of aromatic nitrogens is 3. The van der Waals surface area contributed by atoms with Gasteiger partial charge in [-0.3, -0.25) is 5.43 Å². The monoisotopic (exact) mass is 246 g/mol. The van der Waals surface area contributed by atoms with Gasteiger partial charge in [0.1, 0.15) is 5.82 Å². The van der Waals surface area contributed by atoms with Crippen molar-refractivity contribution in [2.24, 2.45) is 0 Å². The summed E-state index contributed by atoms with van der Waals surface area (Å²) in [5.74, 6) is 1.65. The Morgan fingerprint density at radius 1 is 1.22 bits per heavy atom. The molecule has 3 heterocycles. The van der Waals surface area contributed by atoms with Crippen molar-refractivity contribution in [1.82, 2.24) is 19.4 Å². The third-order valence-electron chi connectivity index (χ3n) is 3.25. The van der Waals surface area contributed by atoms with Crippen LogP contribution in [0.4, 0.5) is 11.6 Å². The van der Waals surface area contributed by atoms with Crippen LogP contribution in [0.5, 0.6) is 0 Å². The maximum Gasteiger partial charge on any atom is 0.186 e. The quantitative estimate of drug-likeness (QED) is 0.861. The molecular weight excluding hydrogens is 228 g/mol. The van der Waals surface area contributed by atoms with Gasteiger partial charge in [0, 0.05) is 32.5 Å². The van der Waals surface area contributed by atoms with Gasteiger partial charge < -0.3 is 9.72 Å². The summed E-state index contributed by atoms with van der Waals surface area (Å²) in [5, 5.41) is 5.29. The molecule has 96 valence electrons. The molecule has 1 aliphatic heterocycles. The molecule has 0 atom stereocenters. The number of imidazole rings is 1. The normalized spacial score (nSPS) is 16.9. The van der Waals surface area contributed by atoms with E-state index in [9.17, 15) is 0 Å². The second-order valence-electron chi connectivity index (χ2n) is 4.54. The maximum absolute atomic E-state index is 4.54. The second-order valence-corrected chi connectivity index (χ2v) is 4.54. The van der Waals surface area contributed by atoms with Gasteiger partial charge in [-0.15, -0.1) is 0 Å². The zero-order valence-corrected chi connectivity index (χ0v) is 10.6. The van der Waals surface area contributed by atoms with Crippen molar-refractivity contribution in [2.75, 3.05) is 30.9 Å². The Bertz CT molecular complexity index is 528. The molecule has 2 N–H and O–H groups in total. The molecule has 0 bridgehead atoms. The fraction of sp³-hybridized carbons (Fsp3) is 0.500. The highest BCUT2D eigenvalue weighted by Gasteiger charge is 2.13. The van der Waals surface area contributed by atoms with E-state index in [1.807, 2.05) is 23.8 Å². The minimum Gasteiger partial charge on any atom is -0.372 e. The van der Waals surface area contributed by atoms with E-state index in [0.29, 0.717) is 0 Å². The predicted octanol–water partition coefficient (Wildman–Crippen LogP) is 1.58. The van der Waals surface area contributed by atoms with Crippen LogP contribution in [0.2, 0.25) is 0 Å². The number of nitrogens with zero attached hydrogens (tertiary/aromatic N) is 4. The Morgan fingerprint density at radius 2 is 2.06 bits per heavy atom. The van der Waals surface area contributed by atoms with Crippen LogP contribution in [-0.2, 0) is 0 Å². The summed E-state index contributed by atoms with van der Waals surface area (Å²) in [7, 11) is 1.87. The van der Waals surface area contributed by atoms with Gasteiger partial charge in [0.25, 0.3) is 0 Å². The van der Waals surface area contributed by atoms with Gasteiger partial charge >= 0.3 is 0 Å². The summed E-state index contributed by atoms with van der Waals surface area (Å²) >= 11 is 0. The second kappa shape index (κ2) is 4.81. The summed E-state index contributed by atoms with van der Waals surface area (Å²) in [4.78, 5) is 8.88. The van der Waals surface area contributed by atoms with Gasteiger partial charge in [0.15, 0.2) is 11.5 Å². The van der Waals surface area contributed by atoms with E-state index in [1.165, 1.54) is 19.3 Å². The number of hydrazine groups is 1. The molecule has 1 saturated heterocycles. The summed E-state index contributed by atoms with van der Waals surface area (Å²) in [5.41, 5.74) is 4.24. The van der Waals surface area contributed by atoms with Gasteiger partial charge in [0.05, 0.1) is 6.20 Å². The average Bonchev–Trinajstić information content (AvgIpc) is 2.88. The van der Waals surface area contributed by atoms with Gasteiger partial charge in [-0.05, 0) is 12.8 Å². The van der Waals surface area contributed by atoms with Crippen LogP contribution >= 0.6 is 0 Å². The number of anilines is 2. The number of hydrogen-bond acceptors (Lipinski definition) is 5. The number of piperidine rings is 1. The standard InChI is InChI=1S/C12H18N6/c1-13-10-9-17-8-5-14-12(17)11(15-10)16-18-6-3-2-4-7-18/h5,8-9,13H,2-4,6-7H2,1H3,(H,15,16). The highest BCUT2D eigenvalue weighted by Crippen LogP contribution is 2.18. The van der Waals surface area contributed by atoms with Crippen molar-refractivity contribution in [1.29, 1.82) is 0 Å². The first kappa shape index (κ1) is 11.3.